The van der Waals surface area contributed by atoms with Crippen molar-refractivity contribution in [1.82, 2.24) is 0 Å². The molecule has 9 nitrogen and oxygen atoms in total. The number of esters is 2. The maximum absolute atomic E-state index is 12.6. The maximum atomic E-state index is 12.6. The van der Waals surface area contributed by atoms with Gasteiger partial charge in [-0.3, -0.25) is 18.6 Å². The van der Waals surface area contributed by atoms with E-state index in [2.05, 4.69) is 38.2 Å². The quantitative estimate of drug-likeness (QED) is 0.0266. The Morgan fingerprint density at radius 2 is 0.912 bits per heavy atom. The van der Waals surface area contributed by atoms with Crippen molar-refractivity contribution in [2.45, 2.75) is 238 Å². The molecule has 0 spiro atoms. The van der Waals surface area contributed by atoms with E-state index in [1.807, 2.05) is 0 Å². The average molecular weight is 828 g/mol. The van der Waals surface area contributed by atoms with Gasteiger partial charge in [0.05, 0.1) is 13.2 Å². The number of unbranched alkanes of at least 4 members (excludes halogenated alkanes) is 28. The van der Waals surface area contributed by atoms with Gasteiger partial charge in [0, 0.05) is 19.4 Å². The van der Waals surface area contributed by atoms with Crippen LogP contribution in [0.1, 0.15) is 232 Å². The predicted octanol–water partition coefficient (Wildman–Crippen LogP) is 13.9. The fourth-order valence-electron chi connectivity index (χ4n) is 6.78. The van der Waals surface area contributed by atoms with Crippen molar-refractivity contribution in [1.29, 1.82) is 0 Å². The van der Waals surface area contributed by atoms with Gasteiger partial charge in [0.2, 0.25) is 0 Å². The van der Waals surface area contributed by atoms with Gasteiger partial charge in [-0.05, 0) is 44.9 Å². The number of hydrogen-bond donors (Lipinski definition) is 2. The topological polar surface area (TPSA) is 134 Å². The zero-order valence-electron chi connectivity index (χ0n) is 37.1. The van der Waals surface area contributed by atoms with Crippen LogP contribution in [0.4, 0.5) is 0 Å². The largest absolute Gasteiger partial charge is 0.472 e. The fourth-order valence-corrected chi connectivity index (χ4v) is 7.55. The summed E-state index contributed by atoms with van der Waals surface area (Å²) in [6.07, 6.45) is 47.8. The number of hydrogen-bond acceptors (Lipinski definition) is 8. The van der Waals surface area contributed by atoms with Gasteiger partial charge in [0.15, 0.2) is 6.10 Å². The summed E-state index contributed by atoms with van der Waals surface area (Å²) in [7, 11) is -4.38. The summed E-state index contributed by atoms with van der Waals surface area (Å²) in [5, 5.41) is 0. The van der Waals surface area contributed by atoms with Gasteiger partial charge in [-0.1, -0.05) is 199 Å². The minimum atomic E-state index is -4.38. The van der Waals surface area contributed by atoms with Crippen LogP contribution in [0.2, 0.25) is 0 Å². The monoisotopic (exact) mass is 828 g/mol. The number of carbonyl (C=O) groups is 2. The van der Waals surface area contributed by atoms with E-state index in [0.717, 1.165) is 57.8 Å². The van der Waals surface area contributed by atoms with Crippen molar-refractivity contribution in [3.05, 3.63) is 24.3 Å². The number of allylic oxidation sites excluding steroid dienone is 4. The van der Waals surface area contributed by atoms with E-state index in [4.69, 9.17) is 24.3 Å². The molecule has 0 aliphatic heterocycles. The number of ether oxygens (including phenoxy) is 2. The van der Waals surface area contributed by atoms with E-state index < -0.39 is 32.5 Å². The Morgan fingerprint density at radius 1 is 0.526 bits per heavy atom. The first kappa shape index (κ1) is 55.5. The van der Waals surface area contributed by atoms with Crippen LogP contribution in [-0.4, -0.2) is 49.3 Å². The van der Waals surface area contributed by atoms with E-state index in [-0.39, 0.29) is 32.6 Å². The molecular weight excluding hydrogens is 737 g/mol. The summed E-state index contributed by atoms with van der Waals surface area (Å²) in [6, 6.07) is 0. The number of phosphoric ester groups is 1. The standard InChI is InChI=1S/C47H90NO8P/c1-3-5-7-9-11-13-15-17-19-20-21-22-23-24-26-28-30-32-34-36-38-40-47(50)56-45(44-55-57(51,52)54-42-41-48)43-53-46(49)39-37-35-33-31-29-27-25-18-16-14-12-10-8-6-4-2/h12,14,18,25,45H,3-11,13,15-17,19-24,26-44,48H2,1-2H3,(H,51,52). The Balaban J connectivity index is 4.06. The normalized spacial score (nSPS) is 13.4. The first-order valence-corrected chi connectivity index (χ1v) is 25.3. The molecule has 0 amide bonds. The van der Waals surface area contributed by atoms with Crippen molar-refractivity contribution in [2.75, 3.05) is 26.4 Å². The van der Waals surface area contributed by atoms with Crippen molar-refractivity contribution in [2.24, 2.45) is 5.73 Å². The molecule has 336 valence electrons. The Labute approximate surface area is 351 Å². The lowest BCUT2D eigenvalue weighted by molar-refractivity contribution is -0.161. The van der Waals surface area contributed by atoms with Crippen molar-refractivity contribution in [3.63, 3.8) is 0 Å². The number of carbonyl (C=O) groups excluding carboxylic acids is 2. The molecule has 2 atom stereocenters. The highest BCUT2D eigenvalue weighted by molar-refractivity contribution is 7.47. The summed E-state index contributed by atoms with van der Waals surface area (Å²) in [5.74, 6) is -0.834. The molecule has 0 heterocycles. The number of rotatable bonds is 45. The third-order valence-corrected chi connectivity index (χ3v) is 11.3. The Morgan fingerprint density at radius 3 is 1.37 bits per heavy atom. The second-order valence-corrected chi connectivity index (χ2v) is 17.4. The molecule has 10 heteroatoms. The molecule has 0 aromatic carbocycles. The molecule has 0 aliphatic carbocycles. The van der Waals surface area contributed by atoms with Gasteiger partial charge in [-0.15, -0.1) is 0 Å². The molecule has 0 aliphatic rings. The number of phosphoric acid groups is 1. The predicted molar refractivity (Wildman–Crippen MR) is 238 cm³/mol. The molecule has 3 N–H and O–H groups in total. The zero-order chi connectivity index (χ0) is 41.8. The van der Waals surface area contributed by atoms with Crippen molar-refractivity contribution < 1.29 is 37.6 Å². The van der Waals surface area contributed by atoms with Crippen LogP contribution in [0.5, 0.6) is 0 Å². The highest BCUT2D eigenvalue weighted by Gasteiger charge is 2.26. The van der Waals surface area contributed by atoms with E-state index in [1.165, 1.54) is 141 Å². The summed E-state index contributed by atoms with van der Waals surface area (Å²) in [5.41, 5.74) is 5.36. The lowest BCUT2D eigenvalue weighted by Crippen LogP contribution is -2.29. The molecule has 0 aromatic rings. The van der Waals surface area contributed by atoms with Gasteiger partial charge in [0.1, 0.15) is 6.61 Å². The highest BCUT2D eigenvalue weighted by atomic mass is 31.2. The highest BCUT2D eigenvalue weighted by Crippen LogP contribution is 2.43. The Bertz CT molecular complexity index is 990. The SMILES string of the molecule is CCCCCC=CCC=CCCCCCCCC(=O)OCC(COP(=O)(O)OCCN)OC(=O)CCCCCCCCCCCCCCCCCCCCCCC. The van der Waals surface area contributed by atoms with Crippen LogP contribution in [-0.2, 0) is 32.7 Å². The molecule has 2 unspecified atom stereocenters. The van der Waals surface area contributed by atoms with Gasteiger partial charge in [-0.2, -0.15) is 0 Å². The van der Waals surface area contributed by atoms with Crippen molar-refractivity contribution in [3.8, 4) is 0 Å². The lowest BCUT2D eigenvalue weighted by atomic mass is 10.0. The lowest BCUT2D eigenvalue weighted by Gasteiger charge is -2.19. The smallest absolute Gasteiger partial charge is 0.462 e. The van der Waals surface area contributed by atoms with Crippen molar-refractivity contribution >= 4 is 19.8 Å². The molecule has 0 saturated carbocycles. The summed E-state index contributed by atoms with van der Waals surface area (Å²) < 4.78 is 32.8. The Kier molecular flexibility index (Phi) is 42.9. The van der Waals surface area contributed by atoms with Gasteiger partial charge >= 0.3 is 19.8 Å². The van der Waals surface area contributed by atoms with Crippen LogP contribution in [0, 0.1) is 0 Å². The molecule has 0 radical (unpaired) electrons. The van der Waals surface area contributed by atoms with Crippen LogP contribution in [0.3, 0.4) is 0 Å². The average Bonchev–Trinajstić information content (AvgIpc) is 3.20. The second-order valence-electron chi connectivity index (χ2n) is 16.0. The summed E-state index contributed by atoms with van der Waals surface area (Å²) >= 11 is 0. The first-order valence-electron chi connectivity index (χ1n) is 23.8. The second kappa shape index (κ2) is 44.1. The molecule has 0 saturated heterocycles. The van der Waals surface area contributed by atoms with Crippen LogP contribution < -0.4 is 5.73 Å². The molecule has 0 aromatic heterocycles. The first-order chi connectivity index (χ1) is 27.8. The third kappa shape index (κ3) is 43.9. The molecule has 57 heavy (non-hydrogen) atoms. The molecule has 0 fully saturated rings. The van der Waals surface area contributed by atoms with Gasteiger partial charge in [-0.25, -0.2) is 4.57 Å². The maximum Gasteiger partial charge on any atom is 0.472 e. The summed E-state index contributed by atoms with van der Waals surface area (Å²) in [6.45, 7) is 3.73. The summed E-state index contributed by atoms with van der Waals surface area (Å²) in [4.78, 5) is 34.9. The van der Waals surface area contributed by atoms with Crippen LogP contribution in [0.15, 0.2) is 24.3 Å². The van der Waals surface area contributed by atoms with Crippen LogP contribution in [0.25, 0.3) is 0 Å². The van der Waals surface area contributed by atoms with Crippen LogP contribution >= 0.6 is 7.82 Å². The minimum Gasteiger partial charge on any atom is -0.462 e. The minimum absolute atomic E-state index is 0.0532. The van der Waals surface area contributed by atoms with E-state index >= 15 is 0 Å². The third-order valence-electron chi connectivity index (χ3n) is 10.3. The van der Waals surface area contributed by atoms with E-state index in [1.54, 1.807) is 0 Å². The fraction of sp³-hybridized carbons (Fsp3) is 0.872. The zero-order valence-corrected chi connectivity index (χ0v) is 38.0. The molecular formula is C47H90NO8P. The van der Waals surface area contributed by atoms with E-state index in [0.29, 0.717) is 6.42 Å². The van der Waals surface area contributed by atoms with Gasteiger partial charge in [0.25, 0.3) is 0 Å². The number of nitrogens with two attached hydrogens (primary N) is 1. The Hall–Kier alpha value is -1.51. The van der Waals surface area contributed by atoms with Gasteiger partial charge < -0.3 is 20.1 Å². The molecule has 0 rings (SSSR count). The molecule has 0 bridgehead atoms. The van der Waals surface area contributed by atoms with E-state index in [9.17, 15) is 19.0 Å².